The summed E-state index contributed by atoms with van der Waals surface area (Å²) in [5.74, 6) is 0. The number of hydrogen-bond acceptors (Lipinski definition) is 3. The second-order valence-electron chi connectivity index (χ2n) is 3.00. The van der Waals surface area contributed by atoms with Crippen LogP contribution in [0.3, 0.4) is 0 Å². The van der Waals surface area contributed by atoms with E-state index in [1.807, 2.05) is 5.38 Å². The van der Waals surface area contributed by atoms with Crippen LogP contribution in [0, 0.1) is 0 Å². The van der Waals surface area contributed by atoms with Crippen molar-refractivity contribution in [3.63, 3.8) is 0 Å². The second kappa shape index (κ2) is 3.62. The van der Waals surface area contributed by atoms with Crippen molar-refractivity contribution in [1.29, 1.82) is 0 Å². The maximum atomic E-state index is 5.75. The van der Waals surface area contributed by atoms with Crippen LogP contribution in [0.15, 0.2) is 5.38 Å². The highest BCUT2D eigenvalue weighted by atomic mass is 35.5. The van der Waals surface area contributed by atoms with E-state index in [2.05, 4.69) is 9.88 Å². The van der Waals surface area contributed by atoms with Gasteiger partial charge in [-0.05, 0) is 19.3 Å². The Balaban J connectivity index is 2.08. The van der Waals surface area contributed by atoms with Gasteiger partial charge in [-0.2, -0.15) is 0 Å². The molecule has 1 fully saturated rings. The molecule has 0 aliphatic carbocycles. The number of halogens is 1. The largest absolute Gasteiger partial charge is 0.348 e. The molecule has 0 aromatic carbocycles. The molecule has 2 heterocycles. The van der Waals surface area contributed by atoms with E-state index in [0.717, 1.165) is 18.2 Å². The fourth-order valence-corrected chi connectivity index (χ4v) is 2.48. The monoisotopic (exact) mass is 202 g/mol. The molecular formula is C8H11ClN2S. The molecule has 12 heavy (non-hydrogen) atoms. The number of thiazole rings is 1. The second-order valence-corrected chi connectivity index (χ2v) is 4.22. The van der Waals surface area contributed by atoms with Gasteiger partial charge in [0.2, 0.25) is 0 Å². The normalized spacial score (nSPS) is 18.2. The van der Waals surface area contributed by atoms with Crippen LogP contribution in [0.5, 0.6) is 0 Å². The van der Waals surface area contributed by atoms with Crippen LogP contribution in [0.2, 0.25) is 5.15 Å². The lowest BCUT2D eigenvalue weighted by Gasteiger charge is -2.25. The zero-order valence-corrected chi connectivity index (χ0v) is 8.37. The SMILES string of the molecule is Clc1csc(N2CCCCC2)n1. The van der Waals surface area contributed by atoms with Crippen molar-refractivity contribution in [3.8, 4) is 0 Å². The fourth-order valence-electron chi connectivity index (χ4n) is 1.48. The summed E-state index contributed by atoms with van der Waals surface area (Å²) >= 11 is 7.39. The molecule has 0 radical (unpaired) electrons. The van der Waals surface area contributed by atoms with E-state index >= 15 is 0 Å². The fraction of sp³-hybridized carbons (Fsp3) is 0.625. The van der Waals surface area contributed by atoms with E-state index in [1.165, 1.54) is 19.3 Å². The summed E-state index contributed by atoms with van der Waals surface area (Å²) in [7, 11) is 0. The molecule has 66 valence electrons. The summed E-state index contributed by atoms with van der Waals surface area (Å²) in [4.78, 5) is 6.56. The highest BCUT2D eigenvalue weighted by Crippen LogP contribution is 2.25. The highest BCUT2D eigenvalue weighted by molar-refractivity contribution is 7.14. The van der Waals surface area contributed by atoms with Crippen LogP contribution in [0.25, 0.3) is 0 Å². The molecule has 0 amide bonds. The summed E-state index contributed by atoms with van der Waals surface area (Å²) in [6.45, 7) is 2.29. The third kappa shape index (κ3) is 1.72. The Morgan fingerprint density at radius 3 is 2.67 bits per heavy atom. The Kier molecular flexibility index (Phi) is 2.51. The van der Waals surface area contributed by atoms with Gasteiger partial charge in [0, 0.05) is 18.5 Å². The standard InChI is InChI=1S/C8H11ClN2S/c9-7-6-12-8(10-7)11-4-2-1-3-5-11/h6H,1-5H2. The highest BCUT2D eigenvalue weighted by Gasteiger charge is 2.13. The van der Waals surface area contributed by atoms with Crippen molar-refractivity contribution in [1.82, 2.24) is 4.98 Å². The molecule has 0 atom stereocenters. The lowest BCUT2D eigenvalue weighted by atomic mass is 10.1. The molecule has 4 heteroatoms. The van der Waals surface area contributed by atoms with Gasteiger partial charge in [0.05, 0.1) is 0 Å². The first-order chi connectivity index (χ1) is 5.86. The van der Waals surface area contributed by atoms with Gasteiger partial charge in [-0.25, -0.2) is 4.98 Å². The zero-order valence-electron chi connectivity index (χ0n) is 6.79. The van der Waals surface area contributed by atoms with Crippen LogP contribution in [-0.2, 0) is 0 Å². The van der Waals surface area contributed by atoms with Gasteiger partial charge in [-0.1, -0.05) is 11.6 Å². The molecule has 0 unspecified atom stereocenters. The minimum atomic E-state index is 0.626. The van der Waals surface area contributed by atoms with Crippen LogP contribution in [0.4, 0.5) is 5.13 Å². The molecule has 0 bridgehead atoms. The van der Waals surface area contributed by atoms with Crippen LogP contribution in [-0.4, -0.2) is 18.1 Å². The van der Waals surface area contributed by atoms with Crippen molar-refractivity contribution in [2.24, 2.45) is 0 Å². The molecule has 0 spiro atoms. The van der Waals surface area contributed by atoms with Crippen molar-refractivity contribution in [2.45, 2.75) is 19.3 Å². The molecule has 1 aromatic heterocycles. The lowest BCUT2D eigenvalue weighted by molar-refractivity contribution is 0.577. The maximum Gasteiger partial charge on any atom is 0.186 e. The van der Waals surface area contributed by atoms with Crippen molar-refractivity contribution >= 4 is 28.1 Å². The maximum absolute atomic E-state index is 5.75. The molecule has 1 aromatic rings. The summed E-state index contributed by atoms with van der Waals surface area (Å²) in [5, 5.41) is 3.60. The average molecular weight is 203 g/mol. The molecule has 1 saturated heterocycles. The van der Waals surface area contributed by atoms with Crippen LogP contribution < -0.4 is 4.90 Å². The van der Waals surface area contributed by atoms with Gasteiger partial charge in [0.1, 0.15) is 5.15 Å². The Morgan fingerprint density at radius 1 is 1.33 bits per heavy atom. The molecular weight excluding hydrogens is 192 g/mol. The number of piperidine rings is 1. The average Bonchev–Trinajstić information content (AvgIpc) is 2.54. The summed E-state index contributed by atoms with van der Waals surface area (Å²) < 4.78 is 0. The Bertz CT molecular complexity index is 255. The first kappa shape index (κ1) is 8.32. The van der Waals surface area contributed by atoms with E-state index in [9.17, 15) is 0 Å². The quantitative estimate of drug-likeness (QED) is 0.696. The predicted molar refractivity (Wildman–Crippen MR) is 53.2 cm³/mol. The van der Waals surface area contributed by atoms with Gasteiger partial charge in [0.25, 0.3) is 0 Å². The Morgan fingerprint density at radius 2 is 2.08 bits per heavy atom. The van der Waals surface area contributed by atoms with E-state index in [1.54, 1.807) is 11.3 Å². The molecule has 1 aliphatic rings. The molecule has 2 rings (SSSR count). The number of anilines is 1. The van der Waals surface area contributed by atoms with E-state index in [0.29, 0.717) is 5.15 Å². The minimum absolute atomic E-state index is 0.626. The minimum Gasteiger partial charge on any atom is -0.348 e. The van der Waals surface area contributed by atoms with Crippen LogP contribution in [0.1, 0.15) is 19.3 Å². The number of nitrogens with zero attached hydrogens (tertiary/aromatic N) is 2. The molecule has 0 saturated carbocycles. The van der Waals surface area contributed by atoms with Crippen LogP contribution >= 0.6 is 22.9 Å². The van der Waals surface area contributed by atoms with E-state index in [4.69, 9.17) is 11.6 Å². The Hall–Kier alpha value is -0.280. The third-order valence-corrected chi connectivity index (χ3v) is 3.32. The molecule has 0 N–H and O–H groups in total. The molecule has 1 aliphatic heterocycles. The summed E-state index contributed by atoms with van der Waals surface area (Å²) in [6.07, 6.45) is 3.93. The van der Waals surface area contributed by atoms with Gasteiger partial charge in [-0.3, -0.25) is 0 Å². The molecule has 2 nitrogen and oxygen atoms in total. The lowest BCUT2D eigenvalue weighted by Crippen LogP contribution is -2.29. The summed E-state index contributed by atoms with van der Waals surface area (Å²) in [5.41, 5.74) is 0. The third-order valence-electron chi connectivity index (χ3n) is 2.09. The van der Waals surface area contributed by atoms with Crippen molar-refractivity contribution in [3.05, 3.63) is 10.5 Å². The zero-order chi connectivity index (χ0) is 8.39. The first-order valence-electron chi connectivity index (χ1n) is 4.22. The first-order valence-corrected chi connectivity index (χ1v) is 5.48. The summed E-state index contributed by atoms with van der Waals surface area (Å²) in [6, 6.07) is 0. The van der Waals surface area contributed by atoms with Crippen molar-refractivity contribution < 1.29 is 0 Å². The predicted octanol–water partition coefficient (Wildman–Crippen LogP) is 2.79. The number of hydrogen-bond donors (Lipinski definition) is 0. The van der Waals surface area contributed by atoms with E-state index < -0.39 is 0 Å². The smallest absolute Gasteiger partial charge is 0.186 e. The topological polar surface area (TPSA) is 16.1 Å². The van der Waals surface area contributed by atoms with Gasteiger partial charge < -0.3 is 4.90 Å². The number of rotatable bonds is 1. The van der Waals surface area contributed by atoms with Gasteiger partial charge >= 0.3 is 0 Å². The van der Waals surface area contributed by atoms with Gasteiger partial charge in [0.15, 0.2) is 5.13 Å². The Labute approximate surface area is 81.2 Å². The number of aromatic nitrogens is 1. The van der Waals surface area contributed by atoms with Gasteiger partial charge in [-0.15, -0.1) is 11.3 Å². The van der Waals surface area contributed by atoms with E-state index in [-0.39, 0.29) is 0 Å². The van der Waals surface area contributed by atoms with Crippen molar-refractivity contribution in [2.75, 3.05) is 18.0 Å².